The highest BCUT2D eigenvalue weighted by atomic mass is 32.2. The predicted octanol–water partition coefficient (Wildman–Crippen LogP) is 2.61. The topological polar surface area (TPSA) is 103 Å². The van der Waals surface area contributed by atoms with Crippen molar-refractivity contribution in [3.63, 3.8) is 0 Å². The number of methoxy groups -OCH3 is 1. The summed E-state index contributed by atoms with van der Waals surface area (Å²) in [7, 11) is -2.12. The fourth-order valence-corrected chi connectivity index (χ4v) is 5.79. The molecule has 1 aromatic carbocycles. The number of benzene rings is 1. The Morgan fingerprint density at radius 1 is 1.28 bits per heavy atom. The summed E-state index contributed by atoms with van der Waals surface area (Å²) in [6.07, 6.45) is 0.392. The lowest BCUT2D eigenvalue weighted by Gasteiger charge is -2.24. The third-order valence-corrected chi connectivity index (χ3v) is 7.73. The maximum absolute atomic E-state index is 13.1. The molecule has 2 aliphatic heterocycles. The minimum Gasteiger partial charge on any atom is -0.497 e. The normalized spacial score (nSPS) is 25.2. The smallest absolute Gasteiger partial charge is 0.407 e. The van der Waals surface area contributed by atoms with Crippen LogP contribution >= 0.6 is 0 Å². The van der Waals surface area contributed by atoms with Crippen LogP contribution in [0.2, 0.25) is 0 Å². The number of nitrogens with zero attached hydrogens (tertiary/aromatic N) is 1. The number of rotatable bonds is 10. The van der Waals surface area contributed by atoms with E-state index in [4.69, 9.17) is 18.9 Å². The molecule has 1 N–H and O–H groups in total. The maximum Gasteiger partial charge on any atom is 0.407 e. The predicted molar refractivity (Wildman–Crippen MR) is 118 cm³/mol. The Bertz CT molecular complexity index is 875. The first-order valence-electron chi connectivity index (χ1n) is 11.0. The van der Waals surface area contributed by atoms with Crippen molar-refractivity contribution >= 4 is 16.1 Å². The van der Waals surface area contributed by atoms with Crippen LogP contribution < -0.4 is 10.1 Å². The molecule has 0 aromatic heterocycles. The Hall–Kier alpha value is -1.88. The van der Waals surface area contributed by atoms with Gasteiger partial charge in [-0.25, -0.2) is 13.2 Å². The van der Waals surface area contributed by atoms with E-state index in [0.717, 1.165) is 6.42 Å². The number of fused-ring (bicyclic) bond motifs is 1. The second-order valence-corrected chi connectivity index (χ2v) is 10.7. The summed E-state index contributed by atoms with van der Waals surface area (Å²) in [6, 6.07) is 6.35. The van der Waals surface area contributed by atoms with Gasteiger partial charge in [-0.15, -0.1) is 0 Å². The third-order valence-electron chi connectivity index (χ3n) is 5.85. The molecule has 2 heterocycles. The Labute approximate surface area is 190 Å². The molecule has 0 spiro atoms. The molecule has 1 aromatic rings. The van der Waals surface area contributed by atoms with Crippen LogP contribution in [0.25, 0.3) is 0 Å². The summed E-state index contributed by atoms with van der Waals surface area (Å²) in [5.41, 5.74) is 0. The largest absolute Gasteiger partial charge is 0.497 e. The summed E-state index contributed by atoms with van der Waals surface area (Å²) in [5, 5.41) is 2.72. The Balaban J connectivity index is 1.50. The summed E-state index contributed by atoms with van der Waals surface area (Å²) in [6.45, 7) is 7.70. The fraction of sp³-hybridized carbons (Fsp3) is 0.682. The van der Waals surface area contributed by atoms with Crippen LogP contribution in [0.5, 0.6) is 5.75 Å². The van der Waals surface area contributed by atoms with E-state index >= 15 is 0 Å². The Morgan fingerprint density at radius 3 is 2.66 bits per heavy atom. The number of amides is 1. The molecule has 2 saturated heterocycles. The number of ether oxygens (including phenoxy) is 4. The molecule has 180 valence electrons. The van der Waals surface area contributed by atoms with Crippen molar-refractivity contribution in [2.75, 3.05) is 40.0 Å². The highest BCUT2D eigenvalue weighted by Gasteiger charge is 2.52. The van der Waals surface area contributed by atoms with Crippen molar-refractivity contribution in [1.29, 1.82) is 0 Å². The van der Waals surface area contributed by atoms with E-state index in [1.54, 1.807) is 24.3 Å². The van der Waals surface area contributed by atoms with E-state index < -0.39 is 21.9 Å². The summed E-state index contributed by atoms with van der Waals surface area (Å²) < 4.78 is 49.6. The molecule has 0 bridgehead atoms. The molecule has 3 rings (SSSR count). The molecule has 2 aliphatic rings. The van der Waals surface area contributed by atoms with Gasteiger partial charge in [0.15, 0.2) is 5.79 Å². The van der Waals surface area contributed by atoms with Crippen LogP contribution in [0.15, 0.2) is 29.2 Å². The van der Waals surface area contributed by atoms with Crippen LogP contribution in [0.3, 0.4) is 0 Å². The molecule has 10 heteroatoms. The van der Waals surface area contributed by atoms with Gasteiger partial charge >= 0.3 is 6.09 Å². The number of alkyl carbamates (subject to hydrolysis) is 1. The highest BCUT2D eigenvalue weighted by Crippen LogP contribution is 2.41. The van der Waals surface area contributed by atoms with E-state index in [2.05, 4.69) is 5.32 Å². The zero-order valence-corrected chi connectivity index (χ0v) is 20.0. The van der Waals surface area contributed by atoms with E-state index in [-0.39, 0.29) is 29.4 Å². The van der Waals surface area contributed by atoms with Gasteiger partial charge in [-0.3, -0.25) is 0 Å². The first-order chi connectivity index (χ1) is 15.2. The molecule has 0 unspecified atom stereocenters. The fourth-order valence-electron chi connectivity index (χ4n) is 4.15. The molecule has 1 amide bonds. The van der Waals surface area contributed by atoms with Crippen LogP contribution in [0.1, 0.15) is 33.6 Å². The van der Waals surface area contributed by atoms with E-state index in [0.29, 0.717) is 38.5 Å². The van der Waals surface area contributed by atoms with Gasteiger partial charge in [0.25, 0.3) is 0 Å². The second-order valence-electron chi connectivity index (χ2n) is 8.73. The number of hydrogen-bond donors (Lipinski definition) is 1. The Kier molecular flexibility index (Phi) is 8.02. The van der Waals surface area contributed by atoms with Gasteiger partial charge in [0.05, 0.1) is 31.1 Å². The lowest BCUT2D eigenvalue weighted by atomic mass is 9.96. The van der Waals surface area contributed by atoms with Crippen molar-refractivity contribution in [1.82, 2.24) is 9.62 Å². The van der Waals surface area contributed by atoms with Gasteiger partial charge in [0.2, 0.25) is 10.0 Å². The number of carbonyl (C=O) groups excluding carboxylic acids is 1. The first-order valence-corrected chi connectivity index (χ1v) is 12.5. The summed E-state index contributed by atoms with van der Waals surface area (Å²) >= 11 is 0. The van der Waals surface area contributed by atoms with Crippen molar-refractivity contribution in [3.05, 3.63) is 24.3 Å². The van der Waals surface area contributed by atoms with Crippen molar-refractivity contribution in [2.45, 2.75) is 50.4 Å². The van der Waals surface area contributed by atoms with Gasteiger partial charge < -0.3 is 24.3 Å². The zero-order valence-electron chi connectivity index (χ0n) is 19.2. The number of nitrogens with one attached hydrogen (secondary N) is 1. The molecule has 9 nitrogen and oxygen atoms in total. The zero-order chi connectivity index (χ0) is 23.4. The van der Waals surface area contributed by atoms with Crippen molar-refractivity contribution in [2.24, 2.45) is 11.8 Å². The van der Waals surface area contributed by atoms with Gasteiger partial charge in [-0.05, 0) is 49.9 Å². The molecule has 0 saturated carbocycles. The molecule has 0 radical (unpaired) electrons. The van der Waals surface area contributed by atoms with Crippen molar-refractivity contribution < 1.29 is 32.2 Å². The number of sulfonamides is 1. The van der Waals surface area contributed by atoms with E-state index in [9.17, 15) is 13.2 Å². The standard InChI is InChI=1S/C22H34N2O7S/c1-16(2)14-24(32(26,27)18-8-6-17(28-4)7-9-18)12-5-11-23-21(25)31-20-15-30-22(3)19(20)10-13-29-22/h6-9,16,19-20H,5,10-15H2,1-4H3,(H,23,25)/t19-,20-,22+/m0/s1. The SMILES string of the molecule is COc1ccc(S(=O)(=O)N(CCCNC(=O)O[C@H]2CO[C@@]3(C)OCC[C@@H]23)CC(C)C)cc1. The third kappa shape index (κ3) is 5.72. The molecular formula is C22H34N2O7S. The molecule has 2 fully saturated rings. The van der Waals surface area contributed by atoms with E-state index in [1.807, 2.05) is 20.8 Å². The van der Waals surface area contributed by atoms with Crippen molar-refractivity contribution in [3.8, 4) is 5.75 Å². The van der Waals surface area contributed by atoms with Gasteiger partial charge in [0, 0.05) is 19.6 Å². The molecule has 0 aliphatic carbocycles. The molecule has 32 heavy (non-hydrogen) atoms. The first kappa shape index (κ1) is 24.8. The minimum atomic E-state index is -3.65. The van der Waals surface area contributed by atoms with Crippen LogP contribution in [0, 0.1) is 11.8 Å². The van der Waals surface area contributed by atoms with Crippen LogP contribution in [0.4, 0.5) is 4.79 Å². The maximum atomic E-state index is 13.1. The molecule has 3 atom stereocenters. The van der Waals surface area contributed by atoms with E-state index in [1.165, 1.54) is 11.4 Å². The second kappa shape index (κ2) is 10.4. The summed E-state index contributed by atoms with van der Waals surface area (Å²) in [4.78, 5) is 12.4. The van der Waals surface area contributed by atoms with Crippen LogP contribution in [-0.4, -0.2) is 70.7 Å². The average molecular weight is 471 g/mol. The minimum absolute atomic E-state index is 0.0319. The highest BCUT2D eigenvalue weighted by molar-refractivity contribution is 7.89. The lowest BCUT2D eigenvalue weighted by molar-refractivity contribution is -0.181. The molecular weight excluding hydrogens is 436 g/mol. The lowest BCUT2D eigenvalue weighted by Crippen LogP contribution is -2.38. The van der Waals surface area contributed by atoms with Gasteiger partial charge in [-0.1, -0.05) is 13.8 Å². The Morgan fingerprint density at radius 2 is 2.00 bits per heavy atom. The van der Waals surface area contributed by atoms with Gasteiger partial charge in [0.1, 0.15) is 11.9 Å². The average Bonchev–Trinajstić information content (AvgIpc) is 3.27. The summed E-state index contributed by atoms with van der Waals surface area (Å²) in [5.74, 6) is 0.118. The number of hydrogen-bond acceptors (Lipinski definition) is 7. The van der Waals surface area contributed by atoms with Crippen LogP contribution in [-0.2, 0) is 24.2 Å². The number of carbonyl (C=O) groups is 1. The van der Waals surface area contributed by atoms with Gasteiger partial charge in [-0.2, -0.15) is 4.31 Å². The quantitative estimate of drug-likeness (QED) is 0.524. The monoisotopic (exact) mass is 470 g/mol.